The summed E-state index contributed by atoms with van der Waals surface area (Å²) in [7, 11) is 0. The Balaban J connectivity index is 1.55. The SMILES string of the molecule is CC1Cn2cc(C(=O)NO)cc2CN1C(=O)c1ccc(-c2ccccc2)cc1. The molecule has 0 radical (unpaired) electrons. The molecular formula is C22H21N3O3. The molecule has 1 aliphatic heterocycles. The van der Waals surface area contributed by atoms with Gasteiger partial charge in [0.15, 0.2) is 0 Å². The first-order valence-electron chi connectivity index (χ1n) is 9.17. The zero-order chi connectivity index (χ0) is 19.7. The summed E-state index contributed by atoms with van der Waals surface area (Å²) in [5.41, 5.74) is 5.71. The van der Waals surface area contributed by atoms with Crippen LogP contribution < -0.4 is 5.48 Å². The van der Waals surface area contributed by atoms with E-state index in [4.69, 9.17) is 5.21 Å². The predicted molar refractivity (Wildman–Crippen MR) is 105 cm³/mol. The summed E-state index contributed by atoms with van der Waals surface area (Å²) >= 11 is 0. The summed E-state index contributed by atoms with van der Waals surface area (Å²) in [4.78, 5) is 26.5. The second-order valence-electron chi connectivity index (χ2n) is 7.04. The Morgan fingerprint density at radius 1 is 1.00 bits per heavy atom. The molecule has 2 heterocycles. The van der Waals surface area contributed by atoms with Crippen LogP contribution in [0.4, 0.5) is 0 Å². The van der Waals surface area contributed by atoms with Gasteiger partial charge in [-0.25, -0.2) is 5.48 Å². The van der Waals surface area contributed by atoms with E-state index < -0.39 is 5.91 Å². The maximum atomic E-state index is 13.1. The standard InChI is InChI=1S/C22H21N3O3/c1-15-12-24-13-19(21(26)23-28)11-20(24)14-25(15)22(27)18-9-7-17(8-10-18)16-5-3-2-4-6-16/h2-11,13,15,28H,12,14H2,1H3,(H,23,26). The lowest BCUT2D eigenvalue weighted by molar-refractivity contribution is 0.0615. The number of nitrogens with one attached hydrogen (secondary N) is 1. The quantitative estimate of drug-likeness (QED) is 0.545. The predicted octanol–water partition coefficient (Wildman–Crippen LogP) is 3.32. The normalized spacial score (nSPS) is 15.8. The van der Waals surface area contributed by atoms with Crippen LogP contribution in [0.1, 0.15) is 33.3 Å². The number of carbonyl (C=O) groups excluding carboxylic acids is 2. The first kappa shape index (κ1) is 18.0. The first-order valence-corrected chi connectivity index (χ1v) is 9.17. The number of aromatic nitrogens is 1. The number of amides is 2. The highest BCUT2D eigenvalue weighted by Crippen LogP contribution is 2.24. The molecule has 1 aliphatic rings. The van der Waals surface area contributed by atoms with Gasteiger partial charge in [-0.05, 0) is 36.2 Å². The van der Waals surface area contributed by atoms with E-state index in [1.165, 1.54) is 0 Å². The van der Waals surface area contributed by atoms with E-state index in [0.717, 1.165) is 16.8 Å². The lowest BCUT2D eigenvalue weighted by atomic mass is 10.0. The van der Waals surface area contributed by atoms with Crippen LogP contribution in [0.15, 0.2) is 66.9 Å². The number of hydroxylamine groups is 1. The van der Waals surface area contributed by atoms with Gasteiger partial charge < -0.3 is 9.47 Å². The smallest absolute Gasteiger partial charge is 0.276 e. The van der Waals surface area contributed by atoms with Gasteiger partial charge in [-0.2, -0.15) is 0 Å². The minimum absolute atomic E-state index is 0.00811. The summed E-state index contributed by atoms with van der Waals surface area (Å²) in [5.74, 6) is -0.586. The van der Waals surface area contributed by atoms with Crippen LogP contribution in [0, 0.1) is 0 Å². The van der Waals surface area contributed by atoms with Crippen LogP contribution in [0.2, 0.25) is 0 Å². The van der Waals surface area contributed by atoms with Gasteiger partial charge in [0.1, 0.15) is 0 Å². The Morgan fingerprint density at radius 2 is 1.68 bits per heavy atom. The zero-order valence-corrected chi connectivity index (χ0v) is 15.5. The molecule has 6 heteroatoms. The molecule has 0 bridgehead atoms. The Kier molecular flexibility index (Phi) is 4.71. The van der Waals surface area contributed by atoms with Crippen molar-refractivity contribution in [1.82, 2.24) is 14.9 Å². The highest BCUT2D eigenvalue weighted by molar-refractivity contribution is 5.95. The second kappa shape index (κ2) is 7.32. The minimum atomic E-state index is -0.552. The molecule has 0 fully saturated rings. The fraction of sp³-hybridized carbons (Fsp3) is 0.182. The van der Waals surface area contributed by atoms with E-state index in [0.29, 0.717) is 24.2 Å². The fourth-order valence-corrected chi connectivity index (χ4v) is 3.63. The highest BCUT2D eigenvalue weighted by Gasteiger charge is 2.28. The molecule has 3 aromatic rings. The average Bonchev–Trinajstić information content (AvgIpc) is 3.15. The van der Waals surface area contributed by atoms with Crippen molar-refractivity contribution in [3.63, 3.8) is 0 Å². The van der Waals surface area contributed by atoms with E-state index in [2.05, 4.69) is 0 Å². The van der Waals surface area contributed by atoms with Crippen molar-refractivity contribution >= 4 is 11.8 Å². The number of benzene rings is 2. The van der Waals surface area contributed by atoms with E-state index in [1.807, 2.05) is 71.0 Å². The van der Waals surface area contributed by atoms with E-state index >= 15 is 0 Å². The van der Waals surface area contributed by atoms with Gasteiger partial charge in [-0.15, -0.1) is 0 Å². The molecule has 0 aliphatic carbocycles. The summed E-state index contributed by atoms with van der Waals surface area (Å²) in [6, 6.07) is 19.4. The van der Waals surface area contributed by atoms with Gasteiger partial charge in [-0.3, -0.25) is 14.8 Å². The third-order valence-electron chi connectivity index (χ3n) is 5.17. The van der Waals surface area contributed by atoms with Gasteiger partial charge in [0.05, 0.1) is 12.1 Å². The van der Waals surface area contributed by atoms with Crippen LogP contribution in [-0.4, -0.2) is 32.5 Å². The Morgan fingerprint density at radius 3 is 2.36 bits per heavy atom. The number of carbonyl (C=O) groups is 2. The van der Waals surface area contributed by atoms with Gasteiger partial charge in [-0.1, -0.05) is 42.5 Å². The van der Waals surface area contributed by atoms with E-state index in [-0.39, 0.29) is 11.9 Å². The van der Waals surface area contributed by atoms with Crippen molar-refractivity contribution in [2.24, 2.45) is 0 Å². The average molecular weight is 375 g/mol. The van der Waals surface area contributed by atoms with Crippen LogP contribution in [0.5, 0.6) is 0 Å². The molecular weight excluding hydrogens is 354 g/mol. The molecule has 142 valence electrons. The third kappa shape index (κ3) is 3.30. The lowest BCUT2D eigenvalue weighted by Crippen LogP contribution is -2.44. The summed E-state index contributed by atoms with van der Waals surface area (Å²) in [6.45, 7) is 3.01. The summed E-state index contributed by atoms with van der Waals surface area (Å²) < 4.78 is 1.96. The van der Waals surface area contributed by atoms with Gasteiger partial charge in [0.25, 0.3) is 11.8 Å². The lowest BCUT2D eigenvalue weighted by Gasteiger charge is -2.35. The number of hydrogen-bond donors (Lipinski definition) is 2. The van der Waals surface area contributed by atoms with E-state index in [9.17, 15) is 9.59 Å². The molecule has 2 aromatic carbocycles. The Labute approximate surface area is 163 Å². The van der Waals surface area contributed by atoms with Gasteiger partial charge >= 0.3 is 0 Å². The van der Waals surface area contributed by atoms with Crippen LogP contribution in [-0.2, 0) is 13.1 Å². The van der Waals surface area contributed by atoms with Crippen molar-refractivity contribution in [2.75, 3.05) is 0 Å². The number of rotatable bonds is 3. The Bertz CT molecular complexity index is 1010. The molecule has 4 rings (SSSR count). The monoisotopic (exact) mass is 375 g/mol. The molecule has 1 aromatic heterocycles. The van der Waals surface area contributed by atoms with Crippen LogP contribution >= 0.6 is 0 Å². The molecule has 0 spiro atoms. The molecule has 1 atom stereocenters. The number of nitrogens with zero attached hydrogens (tertiary/aromatic N) is 2. The van der Waals surface area contributed by atoms with Crippen molar-refractivity contribution in [1.29, 1.82) is 0 Å². The molecule has 1 unspecified atom stereocenters. The minimum Gasteiger partial charge on any atom is -0.347 e. The molecule has 2 amide bonds. The Hall–Kier alpha value is -3.38. The largest absolute Gasteiger partial charge is 0.347 e. The van der Waals surface area contributed by atoms with E-state index in [1.54, 1.807) is 17.7 Å². The summed E-state index contributed by atoms with van der Waals surface area (Å²) in [5, 5.41) is 8.82. The van der Waals surface area contributed by atoms with Crippen LogP contribution in [0.25, 0.3) is 11.1 Å². The van der Waals surface area contributed by atoms with Gasteiger partial charge in [0.2, 0.25) is 0 Å². The molecule has 0 saturated carbocycles. The highest BCUT2D eigenvalue weighted by atomic mass is 16.5. The zero-order valence-electron chi connectivity index (χ0n) is 15.5. The maximum absolute atomic E-state index is 13.1. The van der Waals surface area contributed by atoms with Crippen molar-refractivity contribution in [2.45, 2.75) is 26.1 Å². The first-order chi connectivity index (χ1) is 13.6. The van der Waals surface area contributed by atoms with Crippen molar-refractivity contribution < 1.29 is 14.8 Å². The molecule has 6 nitrogen and oxygen atoms in total. The summed E-state index contributed by atoms with van der Waals surface area (Å²) in [6.07, 6.45) is 1.70. The number of hydrogen-bond acceptors (Lipinski definition) is 3. The van der Waals surface area contributed by atoms with Crippen molar-refractivity contribution in [3.8, 4) is 11.1 Å². The molecule has 2 N–H and O–H groups in total. The molecule has 0 saturated heterocycles. The second-order valence-corrected chi connectivity index (χ2v) is 7.04. The fourth-order valence-electron chi connectivity index (χ4n) is 3.63. The maximum Gasteiger partial charge on any atom is 0.276 e. The third-order valence-corrected chi connectivity index (χ3v) is 5.17. The topological polar surface area (TPSA) is 74.6 Å². The van der Waals surface area contributed by atoms with Crippen LogP contribution in [0.3, 0.4) is 0 Å². The van der Waals surface area contributed by atoms with Crippen molar-refractivity contribution in [3.05, 3.63) is 83.7 Å². The molecule has 28 heavy (non-hydrogen) atoms. The van der Waals surface area contributed by atoms with Gasteiger partial charge in [0, 0.05) is 30.0 Å². The number of fused-ring (bicyclic) bond motifs is 1.